The minimum Gasteiger partial charge on any atom is -0.475 e. The zero-order valence-corrected chi connectivity index (χ0v) is 17.5. The van der Waals surface area contributed by atoms with Gasteiger partial charge in [0, 0.05) is 5.02 Å². The number of alkyl halides is 3. The number of hydrogen-bond acceptors (Lipinski definition) is 9. The van der Waals surface area contributed by atoms with Gasteiger partial charge < -0.3 is 35.4 Å². The average molecular weight is 508 g/mol. The third kappa shape index (κ3) is 5.13. The number of ether oxygens (including phenoxy) is 1. The maximum absolute atomic E-state index is 10.6. The number of rotatable bonds is 3. The molecule has 1 aliphatic heterocycles. The Hall–Kier alpha value is -3.24. The second kappa shape index (κ2) is 9.94. The lowest BCUT2D eigenvalue weighted by atomic mass is 9.99. The highest BCUT2D eigenvalue weighted by Gasteiger charge is 2.47. The quantitative estimate of drug-likeness (QED) is 0.219. The van der Waals surface area contributed by atoms with Crippen molar-refractivity contribution in [1.29, 1.82) is 0 Å². The van der Waals surface area contributed by atoms with E-state index in [0.29, 0.717) is 16.2 Å². The number of nitrogens with zero attached hydrogens (tertiary/aromatic N) is 4. The number of hydrogen-bond donors (Lipinski definition) is 6. The molecule has 5 atom stereocenters. The summed E-state index contributed by atoms with van der Waals surface area (Å²) in [4.78, 5) is 19.7. The number of halogens is 4. The topological polar surface area (TPSA) is 186 Å². The molecule has 0 unspecified atom stereocenters. The number of carbonyl (C=O) groups is 1. The summed E-state index contributed by atoms with van der Waals surface area (Å²) < 4.78 is 38.9. The number of fused-ring (bicyclic) bond motifs is 1. The first-order valence-corrected chi connectivity index (χ1v) is 9.67. The van der Waals surface area contributed by atoms with Crippen molar-refractivity contribution in [3.8, 4) is 0 Å². The fourth-order valence-electron chi connectivity index (χ4n) is 3.18. The zero-order chi connectivity index (χ0) is 25.2. The number of imidazole rings is 1. The molecule has 1 aliphatic rings. The molecule has 1 aromatic carbocycles. The maximum atomic E-state index is 10.6. The Morgan fingerprint density at radius 1 is 1.21 bits per heavy atom. The highest BCUT2D eigenvalue weighted by molar-refractivity contribution is 6.30. The van der Waals surface area contributed by atoms with Gasteiger partial charge in [-0.3, -0.25) is 4.57 Å². The summed E-state index contributed by atoms with van der Waals surface area (Å²) in [5.41, 5.74) is 1.11. The Balaban J connectivity index is 0.000000406. The van der Waals surface area contributed by atoms with Gasteiger partial charge in [-0.1, -0.05) is 28.9 Å². The fraction of sp³-hybridized carbons (Fsp3) is 0.333. The number of carboxylic acids is 1. The molecule has 0 saturated carbocycles. The van der Waals surface area contributed by atoms with Gasteiger partial charge in [0.1, 0.15) is 30.1 Å². The molecule has 1 fully saturated rings. The lowest BCUT2D eigenvalue weighted by molar-refractivity contribution is -0.192. The first kappa shape index (κ1) is 25.4. The third-order valence-corrected chi connectivity index (χ3v) is 5.05. The smallest absolute Gasteiger partial charge is 0.475 e. The van der Waals surface area contributed by atoms with Crippen LogP contribution < -0.4 is 5.49 Å². The molecule has 3 aromatic rings. The van der Waals surface area contributed by atoms with Gasteiger partial charge in [0.2, 0.25) is 5.49 Å². The van der Waals surface area contributed by atoms with Crippen LogP contribution in [0.1, 0.15) is 17.9 Å². The Kier molecular flexibility index (Phi) is 7.42. The van der Waals surface area contributed by atoms with Crippen LogP contribution in [0, 0.1) is 0 Å². The van der Waals surface area contributed by atoms with E-state index < -0.39 is 42.8 Å². The van der Waals surface area contributed by atoms with E-state index in [9.17, 15) is 28.5 Å². The van der Waals surface area contributed by atoms with Gasteiger partial charge in [0.05, 0.1) is 12.7 Å². The summed E-state index contributed by atoms with van der Waals surface area (Å²) in [6, 6.07) is 6.45. The highest BCUT2D eigenvalue weighted by Crippen LogP contribution is 2.37. The van der Waals surface area contributed by atoms with Crippen molar-refractivity contribution < 1.29 is 48.3 Å². The standard InChI is InChI=1S/C16H16ClN5O5.C2HF3O2/c17-8-3-1-7(2-4-8)10(23)13-11(24)12(25)16(27-13)22-6-20-9-14(21-26)18-5-19-15(9)22;3-2(4,5)1(6)7/h1-6,10-13,16,23-26H,(H,18,19,21);(H,6,7)/t10-,11+,12-,13-,16-;/m1./s1. The van der Waals surface area contributed by atoms with E-state index >= 15 is 0 Å². The van der Waals surface area contributed by atoms with Crippen molar-refractivity contribution in [2.24, 2.45) is 5.16 Å². The Morgan fingerprint density at radius 2 is 1.82 bits per heavy atom. The molecule has 0 amide bonds. The van der Waals surface area contributed by atoms with E-state index in [2.05, 4.69) is 20.1 Å². The number of carboxylic acid groups (broad SMARTS) is 1. The molecule has 3 heterocycles. The third-order valence-electron chi connectivity index (χ3n) is 4.80. The molecule has 4 rings (SSSR count). The van der Waals surface area contributed by atoms with Crippen molar-refractivity contribution in [1.82, 2.24) is 19.5 Å². The van der Waals surface area contributed by atoms with Gasteiger partial charge in [-0.25, -0.2) is 14.8 Å². The van der Waals surface area contributed by atoms with Crippen LogP contribution >= 0.6 is 11.6 Å². The average Bonchev–Trinajstić information content (AvgIpc) is 3.34. The number of aromatic amines is 1. The predicted octanol–water partition coefficient (Wildman–Crippen LogP) is 0.689. The molecule has 6 N–H and O–H groups in total. The minimum absolute atomic E-state index is 0.00622. The van der Waals surface area contributed by atoms with Crippen molar-refractivity contribution >= 4 is 28.7 Å². The minimum atomic E-state index is -5.08. The van der Waals surface area contributed by atoms with Gasteiger partial charge in [-0.15, -0.1) is 0 Å². The van der Waals surface area contributed by atoms with E-state index in [1.807, 2.05) is 0 Å². The molecule has 0 spiro atoms. The number of nitrogens with one attached hydrogen (secondary N) is 1. The van der Waals surface area contributed by atoms with Gasteiger partial charge in [0.25, 0.3) is 0 Å². The van der Waals surface area contributed by atoms with E-state index in [1.54, 1.807) is 24.3 Å². The summed E-state index contributed by atoms with van der Waals surface area (Å²) in [7, 11) is 0. The molecular weight excluding hydrogens is 491 g/mol. The van der Waals surface area contributed by atoms with Crippen LogP contribution in [0.2, 0.25) is 5.02 Å². The molecule has 34 heavy (non-hydrogen) atoms. The van der Waals surface area contributed by atoms with E-state index in [1.165, 1.54) is 17.2 Å². The van der Waals surface area contributed by atoms with Crippen LogP contribution in [-0.2, 0) is 9.53 Å². The maximum Gasteiger partial charge on any atom is 0.490 e. The lowest BCUT2D eigenvalue weighted by Crippen LogP contribution is -2.34. The van der Waals surface area contributed by atoms with Crippen molar-refractivity contribution in [3.63, 3.8) is 0 Å². The van der Waals surface area contributed by atoms with Crippen LogP contribution in [0.15, 0.2) is 42.1 Å². The molecule has 16 heteroatoms. The summed E-state index contributed by atoms with van der Waals surface area (Å²) in [6.07, 6.45) is -8.38. The second-order valence-electron chi connectivity index (χ2n) is 6.95. The normalized spacial score (nSPS) is 24.0. The zero-order valence-electron chi connectivity index (χ0n) is 16.7. The van der Waals surface area contributed by atoms with Crippen LogP contribution in [0.4, 0.5) is 13.2 Å². The Labute approximate surface area is 192 Å². The number of benzene rings is 1. The lowest BCUT2D eigenvalue weighted by Gasteiger charge is -2.21. The van der Waals surface area contributed by atoms with Gasteiger partial charge in [0.15, 0.2) is 11.7 Å². The van der Waals surface area contributed by atoms with Crippen LogP contribution in [0.3, 0.4) is 0 Å². The van der Waals surface area contributed by atoms with Crippen LogP contribution in [0.5, 0.6) is 0 Å². The van der Waals surface area contributed by atoms with Crippen molar-refractivity contribution in [2.45, 2.75) is 36.8 Å². The molecule has 0 aliphatic carbocycles. The molecule has 12 nitrogen and oxygen atoms in total. The van der Waals surface area contributed by atoms with Crippen molar-refractivity contribution in [3.05, 3.63) is 53.0 Å². The highest BCUT2D eigenvalue weighted by atomic mass is 35.5. The number of H-pyrrole nitrogens is 1. The van der Waals surface area contributed by atoms with Gasteiger partial charge in [-0.2, -0.15) is 13.2 Å². The predicted molar refractivity (Wildman–Crippen MR) is 105 cm³/mol. The SMILES string of the molecule is O/N=c1\nc[nH]c2c1ncn2[C@@H]1O[C@H]([C@H](O)c2ccc(Cl)cc2)[C@@H](O)[C@H]1O.O=C(O)C(F)(F)F. The van der Waals surface area contributed by atoms with Crippen LogP contribution in [0.25, 0.3) is 11.2 Å². The molecule has 184 valence electrons. The van der Waals surface area contributed by atoms with Gasteiger partial charge in [-0.05, 0) is 17.7 Å². The molecular formula is C18H17ClF3N5O7. The first-order valence-electron chi connectivity index (χ1n) is 9.29. The monoisotopic (exact) mass is 507 g/mol. The molecule has 0 bridgehead atoms. The summed E-state index contributed by atoms with van der Waals surface area (Å²) >= 11 is 5.85. The summed E-state index contributed by atoms with van der Waals surface area (Å²) in [5, 5.41) is 51.1. The largest absolute Gasteiger partial charge is 0.490 e. The number of aliphatic carboxylic acids is 1. The number of aliphatic hydroxyl groups excluding tert-OH is 3. The van der Waals surface area contributed by atoms with Crippen molar-refractivity contribution in [2.75, 3.05) is 0 Å². The Bertz CT molecular complexity index is 1220. The fourth-order valence-corrected chi connectivity index (χ4v) is 3.30. The molecule has 1 saturated heterocycles. The first-order chi connectivity index (χ1) is 16.0. The summed E-state index contributed by atoms with van der Waals surface area (Å²) in [5.74, 6) is -2.76. The number of aromatic nitrogens is 4. The summed E-state index contributed by atoms with van der Waals surface area (Å²) in [6.45, 7) is 0. The number of aliphatic hydroxyl groups is 3. The Morgan fingerprint density at radius 3 is 2.38 bits per heavy atom. The molecule has 2 aromatic heterocycles. The van der Waals surface area contributed by atoms with Gasteiger partial charge >= 0.3 is 12.1 Å². The molecule has 0 radical (unpaired) electrons. The van der Waals surface area contributed by atoms with E-state index in [4.69, 9.17) is 31.4 Å². The second-order valence-corrected chi connectivity index (χ2v) is 7.38. The van der Waals surface area contributed by atoms with Crippen LogP contribution in [-0.4, -0.2) is 75.6 Å². The van der Waals surface area contributed by atoms with E-state index in [0.717, 1.165) is 0 Å². The van der Waals surface area contributed by atoms with E-state index in [-0.39, 0.29) is 11.0 Å².